The Bertz CT molecular complexity index is 1110. The summed E-state index contributed by atoms with van der Waals surface area (Å²) in [4.78, 5) is 14.6. The molecule has 4 aromatic rings. The second-order valence-corrected chi connectivity index (χ2v) is 9.06. The smallest absolute Gasteiger partial charge is 0.338 e. The first kappa shape index (κ1) is 18.2. The molecule has 0 bridgehead atoms. The van der Waals surface area contributed by atoms with E-state index in [4.69, 9.17) is 16.3 Å². The van der Waals surface area contributed by atoms with Gasteiger partial charge in [-0.1, -0.05) is 41.9 Å². The summed E-state index contributed by atoms with van der Waals surface area (Å²) in [6.07, 6.45) is 0.888. The maximum absolute atomic E-state index is 12.1. The predicted octanol–water partition coefficient (Wildman–Crippen LogP) is 7.05. The van der Waals surface area contributed by atoms with Crippen molar-refractivity contribution in [2.45, 2.75) is 13.3 Å². The standard InChI is InChI=1S/C22H17ClO2S2/c1-2-25-22(24)16-7-3-5-14(11-16)19-8-4-6-15-12-18(27-21(15)19)13-17-9-10-20(23)26-17/h3-12H,2,13H2,1H3. The molecule has 5 heteroatoms. The Morgan fingerprint density at radius 3 is 2.63 bits per heavy atom. The Morgan fingerprint density at radius 2 is 1.85 bits per heavy atom. The van der Waals surface area contributed by atoms with Crippen LogP contribution in [0.3, 0.4) is 0 Å². The zero-order valence-electron chi connectivity index (χ0n) is 14.7. The van der Waals surface area contributed by atoms with Gasteiger partial charge in [-0.05, 0) is 53.8 Å². The summed E-state index contributed by atoms with van der Waals surface area (Å²) in [5.74, 6) is -0.284. The van der Waals surface area contributed by atoms with Crippen LogP contribution in [0.2, 0.25) is 4.34 Å². The molecule has 0 radical (unpaired) electrons. The fourth-order valence-electron chi connectivity index (χ4n) is 3.08. The summed E-state index contributed by atoms with van der Waals surface area (Å²) in [7, 11) is 0. The van der Waals surface area contributed by atoms with E-state index >= 15 is 0 Å². The van der Waals surface area contributed by atoms with E-state index in [2.05, 4.69) is 30.3 Å². The van der Waals surface area contributed by atoms with Gasteiger partial charge in [0, 0.05) is 20.9 Å². The number of ether oxygens (including phenoxy) is 1. The van der Waals surface area contributed by atoms with Gasteiger partial charge in [-0.25, -0.2) is 4.79 Å². The minimum Gasteiger partial charge on any atom is -0.462 e. The Kier molecular flexibility index (Phi) is 5.30. The van der Waals surface area contributed by atoms with Gasteiger partial charge in [0.1, 0.15) is 0 Å². The van der Waals surface area contributed by atoms with Crippen LogP contribution < -0.4 is 0 Å². The summed E-state index contributed by atoms with van der Waals surface area (Å²) in [5, 5.41) is 1.22. The summed E-state index contributed by atoms with van der Waals surface area (Å²) in [6.45, 7) is 2.19. The Labute approximate surface area is 171 Å². The van der Waals surface area contributed by atoms with Crippen LogP contribution in [0, 0.1) is 0 Å². The van der Waals surface area contributed by atoms with Crippen LogP contribution in [-0.4, -0.2) is 12.6 Å². The van der Waals surface area contributed by atoms with Gasteiger partial charge in [0.15, 0.2) is 0 Å². The zero-order chi connectivity index (χ0) is 18.8. The fourth-order valence-corrected chi connectivity index (χ4v) is 5.50. The SMILES string of the molecule is CCOC(=O)c1cccc(-c2cccc3cc(Cc4ccc(Cl)s4)sc23)c1. The van der Waals surface area contributed by atoms with Crippen molar-refractivity contribution in [1.82, 2.24) is 0 Å². The summed E-state index contributed by atoms with van der Waals surface area (Å²) < 4.78 is 7.19. The second kappa shape index (κ2) is 7.85. The lowest BCUT2D eigenvalue weighted by molar-refractivity contribution is 0.0526. The highest BCUT2D eigenvalue weighted by atomic mass is 35.5. The molecule has 2 aromatic carbocycles. The normalized spacial score (nSPS) is 11.0. The van der Waals surface area contributed by atoms with Crippen LogP contribution in [0.25, 0.3) is 21.2 Å². The maximum atomic E-state index is 12.1. The van der Waals surface area contributed by atoms with E-state index in [0.717, 1.165) is 21.9 Å². The molecule has 0 aliphatic rings. The first-order chi connectivity index (χ1) is 13.1. The van der Waals surface area contributed by atoms with Crippen LogP contribution in [0.4, 0.5) is 0 Å². The molecular formula is C22H17ClO2S2. The average Bonchev–Trinajstić information content (AvgIpc) is 3.27. The molecule has 136 valence electrons. The molecule has 0 aliphatic heterocycles. The highest BCUT2D eigenvalue weighted by Gasteiger charge is 2.12. The van der Waals surface area contributed by atoms with E-state index in [1.807, 2.05) is 31.2 Å². The van der Waals surface area contributed by atoms with Gasteiger partial charge in [-0.2, -0.15) is 0 Å². The number of hydrogen-bond donors (Lipinski definition) is 0. The van der Waals surface area contributed by atoms with Crippen LogP contribution in [0.15, 0.2) is 60.7 Å². The van der Waals surface area contributed by atoms with Crippen LogP contribution in [0.5, 0.6) is 0 Å². The lowest BCUT2D eigenvalue weighted by Crippen LogP contribution is -2.04. The van der Waals surface area contributed by atoms with Crippen molar-refractivity contribution >= 4 is 50.3 Å². The average molecular weight is 413 g/mol. The molecule has 0 saturated heterocycles. The van der Waals surface area contributed by atoms with Crippen LogP contribution in [-0.2, 0) is 11.2 Å². The molecule has 0 spiro atoms. The first-order valence-electron chi connectivity index (χ1n) is 8.67. The molecule has 0 aliphatic carbocycles. The molecule has 0 unspecified atom stereocenters. The van der Waals surface area contributed by atoms with Crippen molar-refractivity contribution in [2.24, 2.45) is 0 Å². The number of benzene rings is 2. The van der Waals surface area contributed by atoms with Crippen molar-refractivity contribution in [3.8, 4) is 11.1 Å². The molecule has 0 amide bonds. The van der Waals surface area contributed by atoms with E-state index in [1.165, 1.54) is 19.8 Å². The van der Waals surface area contributed by atoms with Gasteiger partial charge in [0.05, 0.1) is 16.5 Å². The van der Waals surface area contributed by atoms with Crippen LogP contribution in [0.1, 0.15) is 27.0 Å². The van der Waals surface area contributed by atoms with Gasteiger partial charge < -0.3 is 4.74 Å². The fraction of sp³-hybridized carbons (Fsp3) is 0.136. The molecule has 0 N–H and O–H groups in total. The summed E-state index contributed by atoms with van der Waals surface area (Å²) in [5.41, 5.74) is 2.74. The third-order valence-electron chi connectivity index (χ3n) is 4.26. The van der Waals surface area contributed by atoms with Crippen molar-refractivity contribution in [1.29, 1.82) is 0 Å². The van der Waals surface area contributed by atoms with E-state index in [-0.39, 0.29) is 5.97 Å². The molecular weight excluding hydrogens is 396 g/mol. The molecule has 2 aromatic heterocycles. The molecule has 2 nitrogen and oxygen atoms in total. The second-order valence-electron chi connectivity index (χ2n) is 6.12. The van der Waals surface area contributed by atoms with Gasteiger partial charge in [-0.15, -0.1) is 22.7 Å². The van der Waals surface area contributed by atoms with Crippen molar-refractivity contribution < 1.29 is 9.53 Å². The number of rotatable bonds is 5. The Morgan fingerprint density at radius 1 is 1.00 bits per heavy atom. The Hall–Kier alpha value is -2.14. The summed E-state index contributed by atoms with van der Waals surface area (Å²) in [6, 6.07) is 20.2. The van der Waals surface area contributed by atoms with E-state index < -0.39 is 0 Å². The third-order valence-corrected chi connectivity index (χ3v) is 6.67. The number of thiophene rings is 2. The topological polar surface area (TPSA) is 26.3 Å². The number of carbonyl (C=O) groups excluding carboxylic acids is 1. The van der Waals surface area contributed by atoms with Gasteiger partial charge >= 0.3 is 5.97 Å². The van der Waals surface area contributed by atoms with Crippen LogP contribution >= 0.6 is 34.3 Å². The molecule has 0 atom stereocenters. The predicted molar refractivity (Wildman–Crippen MR) is 115 cm³/mol. The number of hydrogen-bond acceptors (Lipinski definition) is 4. The lowest BCUT2D eigenvalue weighted by atomic mass is 10.0. The van der Waals surface area contributed by atoms with Gasteiger partial charge in [0.25, 0.3) is 0 Å². The monoisotopic (exact) mass is 412 g/mol. The number of halogens is 1. The molecule has 27 heavy (non-hydrogen) atoms. The highest BCUT2D eigenvalue weighted by Crippen LogP contribution is 2.37. The molecule has 0 fully saturated rings. The molecule has 4 rings (SSSR count). The molecule has 0 saturated carbocycles. The van der Waals surface area contributed by atoms with Gasteiger partial charge in [0.2, 0.25) is 0 Å². The summed E-state index contributed by atoms with van der Waals surface area (Å²) >= 11 is 9.48. The van der Waals surface area contributed by atoms with Crippen molar-refractivity contribution in [2.75, 3.05) is 6.61 Å². The number of carbonyl (C=O) groups is 1. The minimum absolute atomic E-state index is 0.284. The molecule has 2 heterocycles. The van der Waals surface area contributed by atoms with E-state index in [9.17, 15) is 4.79 Å². The third kappa shape index (κ3) is 3.93. The van der Waals surface area contributed by atoms with E-state index in [0.29, 0.717) is 12.2 Å². The number of esters is 1. The maximum Gasteiger partial charge on any atom is 0.338 e. The van der Waals surface area contributed by atoms with Gasteiger partial charge in [-0.3, -0.25) is 0 Å². The lowest BCUT2D eigenvalue weighted by Gasteiger charge is -2.06. The van der Waals surface area contributed by atoms with Crippen molar-refractivity contribution in [3.05, 3.63) is 80.3 Å². The zero-order valence-corrected chi connectivity index (χ0v) is 17.1. The van der Waals surface area contributed by atoms with E-state index in [1.54, 1.807) is 28.7 Å². The quantitative estimate of drug-likeness (QED) is 0.328. The van der Waals surface area contributed by atoms with Crippen molar-refractivity contribution in [3.63, 3.8) is 0 Å². The first-order valence-corrected chi connectivity index (χ1v) is 10.7. The highest BCUT2D eigenvalue weighted by molar-refractivity contribution is 7.20. The largest absolute Gasteiger partial charge is 0.462 e. The number of fused-ring (bicyclic) bond motifs is 1. The Balaban J connectivity index is 1.72. The minimum atomic E-state index is -0.284.